The summed E-state index contributed by atoms with van der Waals surface area (Å²) >= 11 is 0. The highest BCUT2D eigenvalue weighted by Gasteiger charge is 2.19. The van der Waals surface area contributed by atoms with Gasteiger partial charge in [0.2, 0.25) is 0 Å². The number of aromatic amines is 1. The Morgan fingerprint density at radius 2 is 2.29 bits per heavy atom. The maximum atomic E-state index is 4.42. The zero-order valence-electron chi connectivity index (χ0n) is 10.3. The second-order valence-corrected chi connectivity index (χ2v) is 4.78. The Morgan fingerprint density at radius 3 is 3.06 bits per heavy atom. The summed E-state index contributed by atoms with van der Waals surface area (Å²) < 4.78 is 0. The van der Waals surface area contributed by atoms with Gasteiger partial charge in [0.25, 0.3) is 0 Å². The lowest BCUT2D eigenvalue weighted by molar-refractivity contribution is 0.686. The number of imidazole rings is 1. The first-order chi connectivity index (χ1) is 8.24. The maximum Gasteiger partial charge on any atom is 0.104 e. The minimum absolute atomic E-state index is 0.608. The molecule has 2 N–H and O–H groups in total. The fourth-order valence-electron chi connectivity index (χ4n) is 2.53. The van der Waals surface area contributed by atoms with E-state index in [4.69, 9.17) is 0 Å². The number of fused-ring (bicyclic) bond motifs is 1. The number of hydrogen-bond acceptors (Lipinski definition) is 3. The van der Waals surface area contributed by atoms with Gasteiger partial charge in [-0.05, 0) is 38.1 Å². The van der Waals surface area contributed by atoms with Crippen molar-refractivity contribution >= 4 is 16.7 Å². The minimum atomic E-state index is 0.608. The Kier molecular flexibility index (Phi) is 2.52. The molecule has 1 aliphatic heterocycles. The van der Waals surface area contributed by atoms with Gasteiger partial charge in [-0.1, -0.05) is 0 Å². The zero-order chi connectivity index (χ0) is 11.8. The van der Waals surface area contributed by atoms with E-state index in [-0.39, 0.29) is 0 Å². The molecule has 17 heavy (non-hydrogen) atoms. The van der Waals surface area contributed by atoms with Gasteiger partial charge in [0.15, 0.2) is 0 Å². The number of anilines is 1. The molecule has 0 aliphatic carbocycles. The van der Waals surface area contributed by atoms with Crippen molar-refractivity contribution in [2.45, 2.75) is 19.4 Å². The molecular weight excluding hydrogens is 212 g/mol. The van der Waals surface area contributed by atoms with E-state index >= 15 is 0 Å². The molecule has 1 aromatic heterocycles. The van der Waals surface area contributed by atoms with E-state index in [2.05, 4.69) is 45.4 Å². The number of rotatable bonds is 2. The summed E-state index contributed by atoms with van der Waals surface area (Å²) in [5.41, 5.74) is 3.43. The molecule has 1 aromatic carbocycles. The first kappa shape index (κ1) is 10.6. The number of benzene rings is 1. The summed E-state index contributed by atoms with van der Waals surface area (Å²) in [6.45, 7) is 4.20. The highest BCUT2D eigenvalue weighted by Crippen LogP contribution is 2.22. The van der Waals surface area contributed by atoms with Crippen LogP contribution in [0.4, 0.5) is 5.69 Å². The van der Waals surface area contributed by atoms with Gasteiger partial charge in [-0.15, -0.1) is 0 Å². The van der Waals surface area contributed by atoms with Crippen molar-refractivity contribution < 1.29 is 0 Å². The molecule has 4 nitrogen and oxygen atoms in total. The molecular formula is C13H18N4. The molecule has 0 bridgehead atoms. The second kappa shape index (κ2) is 4.04. The number of H-pyrrole nitrogens is 1. The van der Waals surface area contributed by atoms with Gasteiger partial charge in [0.05, 0.1) is 11.0 Å². The molecule has 1 fully saturated rings. The lowest BCUT2D eigenvalue weighted by Gasteiger charge is -2.25. The monoisotopic (exact) mass is 230 g/mol. The predicted molar refractivity (Wildman–Crippen MR) is 70.5 cm³/mol. The highest BCUT2D eigenvalue weighted by atomic mass is 15.2. The number of hydrogen-bond donors (Lipinski definition) is 2. The Bertz CT molecular complexity index is 525. The van der Waals surface area contributed by atoms with Crippen molar-refractivity contribution in [2.24, 2.45) is 0 Å². The zero-order valence-corrected chi connectivity index (χ0v) is 10.3. The molecule has 0 amide bonds. The average Bonchev–Trinajstić information content (AvgIpc) is 2.94. The van der Waals surface area contributed by atoms with E-state index in [1.165, 1.54) is 12.1 Å². The molecule has 0 spiro atoms. The summed E-state index contributed by atoms with van der Waals surface area (Å²) in [4.78, 5) is 10.1. The summed E-state index contributed by atoms with van der Waals surface area (Å²) in [5.74, 6) is 0.974. The van der Waals surface area contributed by atoms with Crippen molar-refractivity contribution in [3.05, 3.63) is 24.0 Å². The molecule has 1 atom stereocenters. The third kappa shape index (κ3) is 1.89. The standard InChI is InChI=1S/C13H18N4/c1-9-15-12-4-3-10(7-13(12)16-9)17(2)11-5-6-14-8-11/h3-4,7,11,14H,5-6,8H2,1-2H3,(H,15,16). The van der Waals surface area contributed by atoms with Crippen LogP contribution in [-0.4, -0.2) is 36.1 Å². The molecule has 0 saturated carbocycles. The van der Waals surface area contributed by atoms with Gasteiger partial charge < -0.3 is 15.2 Å². The van der Waals surface area contributed by atoms with Crippen LogP contribution in [0.3, 0.4) is 0 Å². The molecule has 1 unspecified atom stereocenters. The van der Waals surface area contributed by atoms with Crippen molar-refractivity contribution in [3.8, 4) is 0 Å². The minimum Gasteiger partial charge on any atom is -0.370 e. The Morgan fingerprint density at radius 1 is 1.41 bits per heavy atom. The molecule has 0 radical (unpaired) electrons. The van der Waals surface area contributed by atoms with Crippen LogP contribution in [0, 0.1) is 6.92 Å². The number of aromatic nitrogens is 2. The fraction of sp³-hybridized carbons (Fsp3) is 0.462. The topological polar surface area (TPSA) is 44.0 Å². The van der Waals surface area contributed by atoms with Gasteiger partial charge in [-0.2, -0.15) is 0 Å². The van der Waals surface area contributed by atoms with Gasteiger partial charge in [-0.3, -0.25) is 0 Å². The average molecular weight is 230 g/mol. The predicted octanol–water partition coefficient (Wildman–Crippen LogP) is 1.67. The molecule has 2 aromatic rings. The SMILES string of the molecule is Cc1nc2ccc(N(C)C3CCNC3)cc2[nH]1. The van der Waals surface area contributed by atoms with Crippen LogP contribution < -0.4 is 10.2 Å². The van der Waals surface area contributed by atoms with E-state index in [1.807, 2.05) is 6.92 Å². The smallest absolute Gasteiger partial charge is 0.104 e. The summed E-state index contributed by atoms with van der Waals surface area (Å²) in [5, 5.41) is 3.40. The molecule has 1 aliphatic rings. The fourth-order valence-corrected chi connectivity index (χ4v) is 2.53. The van der Waals surface area contributed by atoms with Crippen molar-refractivity contribution in [1.82, 2.24) is 15.3 Å². The van der Waals surface area contributed by atoms with Crippen LogP contribution in [0.5, 0.6) is 0 Å². The van der Waals surface area contributed by atoms with Crippen LogP contribution in [0.15, 0.2) is 18.2 Å². The van der Waals surface area contributed by atoms with Crippen LogP contribution in [0.2, 0.25) is 0 Å². The molecule has 90 valence electrons. The van der Waals surface area contributed by atoms with Crippen LogP contribution in [0.25, 0.3) is 11.0 Å². The third-order valence-electron chi connectivity index (χ3n) is 3.57. The molecule has 3 rings (SSSR count). The molecule has 4 heteroatoms. The van der Waals surface area contributed by atoms with Crippen LogP contribution in [-0.2, 0) is 0 Å². The number of aryl methyl sites for hydroxylation is 1. The van der Waals surface area contributed by atoms with Crippen molar-refractivity contribution in [3.63, 3.8) is 0 Å². The number of nitrogens with one attached hydrogen (secondary N) is 2. The normalized spacial score (nSPS) is 20.0. The Labute approximate surface area is 101 Å². The van der Waals surface area contributed by atoms with Gasteiger partial charge in [-0.25, -0.2) is 4.98 Å². The summed E-state index contributed by atoms with van der Waals surface area (Å²) in [7, 11) is 2.17. The van der Waals surface area contributed by atoms with E-state index < -0.39 is 0 Å². The van der Waals surface area contributed by atoms with E-state index in [0.717, 1.165) is 29.9 Å². The quantitative estimate of drug-likeness (QED) is 0.825. The maximum absolute atomic E-state index is 4.42. The third-order valence-corrected chi connectivity index (χ3v) is 3.57. The number of nitrogens with zero attached hydrogens (tertiary/aromatic N) is 2. The van der Waals surface area contributed by atoms with Crippen molar-refractivity contribution in [1.29, 1.82) is 0 Å². The number of likely N-dealkylation sites (N-methyl/N-ethyl adjacent to an activating group) is 1. The van der Waals surface area contributed by atoms with Crippen LogP contribution in [0.1, 0.15) is 12.2 Å². The van der Waals surface area contributed by atoms with E-state index in [1.54, 1.807) is 0 Å². The summed E-state index contributed by atoms with van der Waals surface area (Å²) in [6.07, 6.45) is 1.22. The summed E-state index contributed by atoms with van der Waals surface area (Å²) in [6, 6.07) is 7.04. The van der Waals surface area contributed by atoms with Gasteiger partial charge >= 0.3 is 0 Å². The second-order valence-electron chi connectivity index (χ2n) is 4.78. The lowest BCUT2D eigenvalue weighted by atomic mass is 10.2. The largest absolute Gasteiger partial charge is 0.370 e. The first-order valence-electron chi connectivity index (χ1n) is 6.14. The van der Waals surface area contributed by atoms with Gasteiger partial charge in [0, 0.05) is 25.3 Å². The van der Waals surface area contributed by atoms with Crippen LogP contribution >= 0.6 is 0 Å². The first-order valence-corrected chi connectivity index (χ1v) is 6.14. The lowest BCUT2D eigenvalue weighted by Crippen LogP contribution is -2.33. The van der Waals surface area contributed by atoms with Gasteiger partial charge in [0.1, 0.15) is 5.82 Å². The highest BCUT2D eigenvalue weighted by molar-refractivity contribution is 5.79. The Hall–Kier alpha value is -1.55. The Balaban J connectivity index is 1.93. The molecule has 1 saturated heterocycles. The molecule has 2 heterocycles. The van der Waals surface area contributed by atoms with E-state index in [0.29, 0.717) is 6.04 Å². The van der Waals surface area contributed by atoms with E-state index in [9.17, 15) is 0 Å². The van der Waals surface area contributed by atoms with Crippen molar-refractivity contribution in [2.75, 3.05) is 25.0 Å².